The standard InChI is InChI=1S/3C21H36O2.2C20H34O2/c1-7-19(4,5)18(22)23-21(10-14(2)3)16-8-15-9-17(21)13-20(6,11-15)12-16;1-7-14(3)21(23-18(22)19(4,5)8-2)16-9-15-10-17(21)13-20(6,11-15)12-16;1-6-8-9-21(23-18(22)19(3,4)7-2)16-10-15-11-17(21)14-20(5,12-15)13-16;1-7-18(4,5)17(21)22-20(13(2)3)15-8-14-9-16(20)12-19(6,10-14)11-15;1-6-8-20(22-17(21)18(3,4)7-2)15-9-14-10-16(20)13-19(5,11-14)12-15/h2*14-17H,7-13H2,1-6H3;15-17H,6-14H2,1-5H3;13-16H,7-12H2,1-6H3;14-16H,6-13H2,1-5H3. The Labute approximate surface area is 693 Å². The fourth-order valence-electron chi connectivity index (χ4n) is 30.3. The van der Waals surface area contributed by atoms with Gasteiger partial charge in [-0.3, -0.25) is 24.0 Å². The molecule has 0 spiro atoms. The van der Waals surface area contributed by atoms with E-state index in [1.165, 1.54) is 173 Å². The van der Waals surface area contributed by atoms with Crippen LogP contribution in [-0.4, -0.2) is 57.9 Å². The second-order valence-electron chi connectivity index (χ2n) is 49.4. The molecule has 10 heteroatoms. The highest BCUT2D eigenvalue weighted by atomic mass is 16.6. The molecule has 0 aromatic rings. The van der Waals surface area contributed by atoms with Gasteiger partial charge in [-0.2, -0.15) is 0 Å². The summed E-state index contributed by atoms with van der Waals surface area (Å²) in [7, 11) is 0. The van der Waals surface area contributed by atoms with Crippen LogP contribution in [0.1, 0.15) is 431 Å². The minimum atomic E-state index is -0.362. The number of hydrogen-bond donors (Lipinski definition) is 0. The van der Waals surface area contributed by atoms with E-state index in [9.17, 15) is 24.0 Å². The molecule has 0 saturated heterocycles. The first-order chi connectivity index (χ1) is 52.4. The summed E-state index contributed by atoms with van der Waals surface area (Å²) in [6.45, 7) is 61.4. The van der Waals surface area contributed by atoms with E-state index in [0.29, 0.717) is 104 Å². The van der Waals surface area contributed by atoms with Crippen LogP contribution in [0.5, 0.6) is 0 Å². The van der Waals surface area contributed by atoms with Gasteiger partial charge in [0, 0.05) is 23.7 Å². The zero-order chi connectivity index (χ0) is 83.5. The molecule has 20 bridgehead atoms. The Hall–Kier alpha value is -2.65. The van der Waals surface area contributed by atoms with Gasteiger partial charge in [0.1, 0.15) is 28.0 Å². The Morgan fingerprint density at radius 1 is 0.301 bits per heavy atom. The first kappa shape index (κ1) is 91.1. The number of hydrogen-bond acceptors (Lipinski definition) is 10. The lowest BCUT2D eigenvalue weighted by atomic mass is 9.43. The van der Waals surface area contributed by atoms with E-state index >= 15 is 0 Å². The van der Waals surface area contributed by atoms with E-state index < -0.39 is 0 Å². The molecule has 113 heavy (non-hydrogen) atoms. The third-order valence-electron chi connectivity index (χ3n) is 37.3. The maximum absolute atomic E-state index is 13.0. The molecule has 20 saturated carbocycles. The normalized spacial score (nSPS) is 43.0. The number of unbranched alkanes of at least 4 members (excludes halogenated alkanes) is 1. The number of ether oxygens (including phenoxy) is 5. The summed E-state index contributed by atoms with van der Waals surface area (Å²) < 4.78 is 32.4. The third-order valence-corrected chi connectivity index (χ3v) is 37.3. The highest BCUT2D eigenvalue weighted by Gasteiger charge is 2.70. The largest absolute Gasteiger partial charge is 0.458 e. The van der Waals surface area contributed by atoms with Crippen molar-refractivity contribution in [3.05, 3.63) is 0 Å². The maximum Gasteiger partial charge on any atom is 0.312 e. The van der Waals surface area contributed by atoms with Crippen LogP contribution in [0.3, 0.4) is 0 Å². The van der Waals surface area contributed by atoms with Crippen LogP contribution in [0.25, 0.3) is 0 Å². The minimum Gasteiger partial charge on any atom is -0.458 e. The van der Waals surface area contributed by atoms with E-state index in [1.54, 1.807) is 0 Å². The summed E-state index contributed by atoms with van der Waals surface area (Å²) in [5.74, 6) is 12.1. The van der Waals surface area contributed by atoms with E-state index in [0.717, 1.165) is 93.8 Å². The van der Waals surface area contributed by atoms with Crippen LogP contribution < -0.4 is 0 Å². The zero-order valence-corrected chi connectivity index (χ0v) is 78.6. The Bertz CT molecular complexity index is 3250. The lowest BCUT2D eigenvalue weighted by Crippen LogP contribution is -2.65. The van der Waals surface area contributed by atoms with Gasteiger partial charge in [-0.1, -0.05) is 137 Å². The molecule has 11 atom stereocenters. The lowest BCUT2D eigenvalue weighted by Gasteiger charge is -2.65. The predicted molar refractivity (Wildman–Crippen MR) is 461 cm³/mol. The molecule has 11 unspecified atom stereocenters. The molecule has 20 rings (SSSR count). The van der Waals surface area contributed by atoms with Crippen molar-refractivity contribution in [3.63, 3.8) is 0 Å². The average Bonchev–Trinajstić information content (AvgIpc) is 0.761. The Kier molecular flexibility index (Phi) is 26.3. The van der Waals surface area contributed by atoms with Crippen LogP contribution in [0.2, 0.25) is 0 Å². The monoisotopic (exact) mass is 1570 g/mol. The van der Waals surface area contributed by atoms with E-state index in [-0.39, 0.29) is 84.9 Å². The molecule has 0 amide bonds. The van der Waals surface area contributed by atoms with Gasteiger partial charge in [0.25, 0.3) is 0 Å². The van der Waals surface area contributed by atoms with Crippen LogP contribution in [0.15, 0.2) is 0 Å². The fourth-order valence-corrected chi connectivity index (χ4v) is 30.3. The van der Waals surface area contributed by atoms with Crippen molar-refractivity contribution < 1.29 is 47.7 Å². The van der Waals surface area contributed by atoms with Gasteiger partial charge in [0.05, 0.1) is 27.1 Å². The van der Waals surface area contributed by atoms with Crippen molar-refractivity contribution in [3.8, 4) is 0 Å². The molecular weight excluding hydrogens is 1400 g/mol. The highest BCUT2D eigenvalue weighted by Crippen LogP contribution is 2.72. The average molecular weight is 1570 g/mol. The lowest BCUT2D eigenvalue weighted by molar-refractivity contribution is -0.246. The van der Waals surface area contributed by atoms with Gasteiger partial charge in [-0.15, -0.1) is 0 Å². The summed E-state index contributed by atoms with van der Waals surface area (Å²) in [6, 6.07) is 0. The molecule has 0 radical (unpaired) electrons. The van der Waals surface area contributed by atoms with Gasteiger partial charge >= 0.3 is 29.8 Å². The molecule has 10 nitrogen and oxygen atoms in total. The molecule has 0 heterocycles. The zero-order valence-electron chi connectivity index (χ0n) is 78.6. The van der Waals surface area contributed by atoms with Crippen LogP contribution in [0.4, 0.5) is 0 Å². The van der Waals surface area contributed by atoms with Crippen molar-refractivity contribution in [2.24, 2.45) is 161 Å². The Morgan fingerprint density at radius 3 is 0.770 bits per heavy atom. The third kappa shape index (κ3) is 17.2. The molecule has 0 N–H and O–H groups in total. The highest BCUT2D eigenvalue weighted by molar-refractivity contribution is 5.78. The maximum atomic E-state index is 13.0. The summed E-state index contributed by atoms with van der Waals surface area (Å²) in [6.07, 6.45) is 44.7. The molecule has 0 aromatic carbocycles. The first-order valence-electron chi connectivity index (χ1n) is 48.6. The SMILES string of the molecule is CCC(C)(C)C(=O)OC1(C(C)C)C2CC3CC1CC(C)(C3)C2.CCC(C)(C)C(=O)OC1(CC(C)C)C2CC3CC1CC(C)(C3)C2.CCC(C)C1(OC(=O)C(C)(C)CC)C2CC3CC1CC(C)(C3)C2.CCCC1(OC(=O)C(C)(C)CC)C2CC3CC1CC(C)(C3)C2.CCCCC1(OC(=O)C(C)(C)CC)C2CC3CC1CC(C)(C3)C2. The van der Waals surface area contributed by atoms with Crippen molar-refractivity contribution >= 4 is 29.8 Å². The van der Waals surface area contributed by atoms with Gasteiger partial charge in [0.2, 0.25) is 0 Å². The summed E-state index contributed by atoms with van der Waals surface area (Å²) in [4.78, 5) is 64.5. The number of rotatable bonds is 25. The Morgan fingerprint density at radius 2 is 0.531 bits per heavy atom. The summed E-state index contributed by atoms with van der Waals surface area (Å²) in [5, 5.41) is 0. The van der Waals surface area contributed by atoms with Gasteiger partial charge in [0.15, 0.2) is 0 Å². The quantitative estimate of drug-likeness (QED) is 0.0643. The Balaban J connectivity index is 0.000000139. The summed E-state index contributed by atoms with van der Waals surface area (Å²) in [5.41, 5.74) is -0.0166. The van der Waals surface area contributed by atoms with E-state index in [4.69, 9.17) is 23.7 Å². The van der Waals surface area contributed by atoms with Gasteiger partial charge < -0.3 is 23.7 Å². The predicted octanol–water partition coefficient (Wildman–Crippen LogP) is 27.5. The van der Waals surface area contributed by atoms with E-state index in [2.05, 4.69) is 125 Å². The molecule has 20 aliphatic rings. The van der Waals surface area contributed by atoms with E-state index in [1.807, 2.05) is 69.2 Å². The second-order valence-corrected chi connectivity index (χ2v) is 49.4. The van der Waals surface area contributed by atoms with Crippen molar-refractivity contribution in [1.29, 1.82) is 0 Å². The second kappa shape index (κ2) is 32.6. The molecule has 20 aliphatic carbocycles. The molecule has 20 fully saturated rings. The molecular formula is C103H176O10. The van der Waals surface area contributed by atoms with Gasteiger partial charge in [-0.05, 0) is 404 Å². The van der Waals surface area contributed by atoms with Crippen molar-refractivity contribution in [1.82, 2.24) is 0 Å². The van der Waals surface area contributed by atoms with Crippen LogP contribution >= 0.6 is 0 Å². The molecule has 0 aliphatic heterocycles. The smallest absolute Gasteiger partial charge is 0.312 e. The van der Waals surface area contributed by atoms with Crippen LogP contribution in [-0.2, 0) is 47.7 Å². The van der Waals surface area contributed by atoms with Gasteiger partial charge in [-0.25, -0.2) is 0 Å². The first-order valence-corrected chi connectivity index (χ1v) is 48.6. The number of carbonyl (C=O) groups excluding carboxylic acids is 5. The topological polar surface area (TPSA) is 132 Å². The summed E-state index contributed by atoms with van der Waals surface area (Å²) >= 11 is 0. The number of carbonyl (C=O) groups is 5. The van der Waals surface area contributed by atoms with Crippen LogP contribution in [0, 0.1) is 161 Å². The van der Waals surface area contributed by atoms with Crippen molar-refractivity contribution in [2.45, 2.75) is 459 Å². The fraction of sp³-hybridized carbons (Fsp3) is 0.951. The molecule has 0 aromatic heterocycles. The minimum absolute atomic E-state index is 0.0290. The molecule has 648 valence electrons. The number of esters is 5. The van der Waals surface area contributed by atoms with Crippen molar-refractivity contribution in [2.75, 3.05) is 0 Å².